The van der Waals surface area contributed by atoms with E-state index in [4.69, 9.17) is 14.9 Å². The van der Waals surface area contributed by atoms with Gasteiger partial charge in [-0.1, -0.05) is 0 Å². The molecule has 0 atom stereocenters. The third-order valence-electron chi connectivity index (χ3n) is 6.13. The first-order chi connectivity index (χ1) is 18.3. The Labute approximate surface area is 215 Å². The highest BCUT2D eigenvalue weighted by molar-refractivity contribution is 6.05. The van der Waals surface area contributed by atoms with Crippen LogP contribution in [0.4, 0.5) is 18.9 Å². The quantitative estimate of drug-likeness (QED) is 0.324. The lowest BCUT2D eigenvalue weighted by Gasteiger charge is -2.29. The number of ether oxygens (including phenoxy) is 1. The molecule has 0 radical (unpaired) electrons. The van der Waals surface area contributed by atoms with E-state index in [0.717, 1.165) is 12.7 Å². The molecule has 13 heteroatoms. The third kappa shape index (κ3) is 5.37. The van der Waals surface area contributed by atoms with Crippen molar-refractivity contribution < 1.29 is 27.1 Å². The minimum absolute atomic E-state index is 0.0724. The second-order valence-corrected chi connectivity index (χ2v) is 8.79. The van der Waals surface area contributed by atoms with Crippen LogP contribution in [0.5, 0.6) is 5.75 Å². The molecule has 1 aromatic carbocycles. The number of nitrogens with two attached hydrogens (primary N) is 1. The number of carbonyl (C=O) groups is 1. The number of nitrogens with zero attached hydrogens (tertiary/aromatic N) is 5. The van der Waals surface area contributed by atoms with Gasteiger partial charge in [-0.15, -0.1) is 0 Å². The Morgan fingerprint density at radius 1 is 1.18 bits per heavy atom. The van der Waals surface area contributed by atoms with Crippen molar-refractivity contribution >= 4 is 11.6 Å². The number of rotatable bonds is 9. The molecule has 1 saturated carbocycles. The SMILES string of the molecule is NCCCn1cc(-c2c(NC(=O)c3coc(-c4ccnnc4)n3)ccc(OC3CCC3)c2C(F)(F)F)cn1. The number of halogens is 3. The van der Waals surface area contributed by atoms with E-state index >= 15 is 0 Å². The Morgan fingerprint density at radius 2 is 2.03 bits per heavy atom. The molecule has 1 amide bonds. The predicted molar refractivity (Wildman–Crippen MR) is 130 cm³/mol. The zero-order valence-electron chi connectivity index (χ0n) is 20.1. The Bertz CT molecular complexity index is 1420. The van der Waals surface area contributed by atoms with Crippen LogP contribution in [0, 0.1) is 0 Å². The van der Waals surface area contributed by atoms with Crippen molar-refractivity contribution in [1.29, 1.82) is 0 Å². The first kappa shape index (κ1) is 25.4. The lowest BCUT2D eigenvalue weighted by Crippen LogP contribution is -2.26. The number of oxazole rings is 1. The summed E-state index contributed by atoms with van der Waals surface area (Å²) in [4.78, 5) is 17.2. The van der Waals surface area contributed by atoms with Gasteiger partial charge in [0.2, 0.25) is 5.89 Å². The van der Waals surface area contributed by atoms with Crippen molar-refractivity contribution in [2.75, 3.05) is 11.9 Å². The maximum atomic E-state index is 14.5. The number of alkyl halides is 3. The summed E-state index contributed by atoms with van der Waals surface area (Å²) in [5.74, 6) is -0.926. The van der Waals surface area contributed by atoms with Crippen molar-refractivity contribution in [3.05, 3.63) is 60.5 Å². The van der Waals surface area contributed by atoms with Gasteiger partial charge in [-0.05, 0) is 50.4 Å². The molecule has 0 unspecified atom stereocenters. The van der Waals surface area contributed by atoms with Gasteiger partial charge in [0.25, 0.3) is 5.91 Å². The number of carbonyl (C=O) groups excluding carboxylic acids is 1. The molecule has 1 aliphatic rings. The number of anilines is 1. The molecule has 4 aromatic rings. The first-order valence-electron chi connectivity index (χ1n) is 12.0. The van der Waals surface area contributed by atoms with Crippen LogP contribution < -0.4 is 15.8 Å². The molecule has 0 bridgehead atoms. The largest absolute Gasteiger partial charge is 0.490 e. The molecule has 10 nitrogen and oxygen atoms in total. The van der Waals surface area contributed by atoms with Crippen molar-refractivity contribution in [3.63, 3.8) is 0 Å². The Morgan fingerprint density at radius 3 is 2.71 bits per heavy atom. The van der Waals surface area contributed by atoms with Gasteiger partial charge in [0.1, 0.15) is 17.6 Å². The molecular weight excluding hydrogens is 503 g/mol. The van der Waals surface area contributed by atoms with Gasteiger partial charge in [0.15, 0.2) is 5.69 Å². The third-order valence-corrected chi connectivity index (χ3v) is 6.13. The average Bonchev–Trinajstić information content (AvgIpc) is 3.55. The van der Waals surface area contributed by atoms with Crippen LogP contribution in [0.3, 0.4) is 0 Å². The van der Waals surface area contributed by atoms with Crippen LogP contribution in [-0.4, -0.2) is 43.5 Å². The normalized spacial score (nSPS) is 13.8. The average molecular weight is 528 g/mol. The summed E-state index contributed by atoms with van der Waals surface area (Å²) in [6.45, 7) is 0.841. The molecule has 38 heavy (non-hydrogen) atoms. The predicted octanol–water partition coefficient (Wildman–Crippen LogP) is 4.55. The fourth-order valence-corrected chi connectivity index (χ4v) is 4.02. The Kier molecular flexibility index (Phi) is 7.09. The molecule has 0 spiro atoms. The van der Waals surface area contributed by atoms with Crippen molar-refractivity contribution in [2.45, 2.75) is 44.5 Å². The summed E-state index contributed by atoms with van der Waals surface area (Å²) < 4.78 is 56.2. The molecule has 198 valence electrons. The number of nitrogens with one attached hydrogen (secondary N) is 1. The second-order valence-electron chi connectivity index (χ2n) is 8.79. The van der Waals surface area contributed by atoms with E-state index in [1.165, 1.54) is 41.6 Å². The van der Waals surface area contributed by atoms with Gasteiger partial charge in [-0.25, -0.2) is 4.98 Å². The molecule has 3 aromatic heterocycles. The lowest BCUT2D eigenvalue weighted by molar-refractivity contribution is -0.139. The van der Waals surface area contributed by atoms with E-state index in [1.807, 2.05) is 0 Å². The van der Waals surface area contributed by atoms with Crippen molar-refractivity contribution in [3.8, 4) is 28.3 Å². The minimum atomic E-state index is -4.77. The highest BCUT2D eigenvalue weighted by Crippen LogP contribution is 2.47. The Hall–Kier alpha value is -4.26. The summed E-state index contributed by atoms with van der Waals surface area (Å²) in [7, 11) is 0. The summed E-state index contributed by atoms with van der Waals surface area (Å²) in [6, 6.07) is 4.22. The molecule has 3 N–H and O–H groups in total. The van der Waals surface area contributed by atoms with Crippen LogP contribution in [0.25, 0.3) is 22.6 Å². The summed E-state index contributed by atoms with van der Waals surface area (Å²) >= 11 is 0. The summed E-state index contributed by atoms with van der Waals surface area (Å²) in [6.07, 6.45) is 4.59. The maximum Gasteiger partial charge on any atom is 0.420 e. The molecule has 1 aliphatic carbocycles. The molecule has 5 rings (SSSR count). The van der Waals surface area contributed by atoms with Crippen LogP contribution in [-0.2, 0) is 12.7 Å². The number of hydrogen-bond acceptors (Lipinski definition) is 8. The van der Waals surface area contributed by atoms with Gasteiger partial charge >= 0.3 is 6.18 Å². The number of amides is 1. The smallest absolute Gasteiger partial charge is 0.420 e. The van der Waals surface area contributed by atoms with E-state index in [-0.39, 0.29) is 40.3 Å². The lowest BCUT2D eigenvalue weighted by atomic mass is 9.95. The van der Waals surface area contributed by atoms with E-state index < -0.39 is 17.6 Å². The summed E-state index contributed by atoms with van der Waals surface area (Å²) in [5, 5.41) is 14.2. The minimum Gasteiger partial charge on any atom is -0.490 e. The van der Waals surface area contributed by atoms with Gasteiger partial charge in [0, 0.05) is 29.6 Å². The highest BCUT2D eigenvalue weighted by Gasteiger charge is 2.40. The van der Waals surface area contributed by atoms with Gasteiger partial charge in [-0.2, -0.15) is 28.5 Å². The van der Waals surface area contributed by atoms with E-state index in [0.29, 0.717) is 37.9 Å². The van der Waals surface area contributed by atoms with Crippen LogP contribution in [0.15, 0.2) is 53.7 Å². The van der Waals surface area contributed by atoms with Gasteiger partial charge in [0.05, 0.1) is 30.3 Å². The van der Waals surface area contributed by atoms with Gasteiger partial charge in [-0.3, -0.25) is 9.48 Å². The zero-order chi connectivity index (χ0) is 26.7. The van der Waals surface area contributed by atoms with Crippen LogP contribution in [0.2, 0.25) is 0 Å². The summed E-state index contributed by atoms with van der Waals surface area (Å²) in [5.41, 5.74) is 4.80. The number of aryl methyl sites for hydroxylation is 1. The van der Waals surface area contributed by atoms with Crippen molar-refractivity contribution in [1.82, 2.24) is 25.0 Å². The van der Waals surface area contributed by atoms with Crippen molar-refractivity contribution in [2.24, 2.45) is 5.73 Å². The monoisotopic (exact) mass is 527 g/mol. The Balaban J connectivity index is 1.54. The number of benzene rings is 1. The highest BCUT2D eigenvalue weighted by atomic mass is 19.4. The fourth-order valence-electron chi connectivity index (χ4n) is 4.02. The standard InChI is InChI=1S/C25H24F3N7O3/c26-25(27,28)22-20(38-17-3-1-4-17)6-5-18(21(22)16-12-32-35(13-16)10-2-8-29)33-23(36)19-14-37-24(34-19)15-7-9-30-31-11-15/h5-7,9,11-14,17H,1-4,8,10,29H2,(H,33,36). The first-order valence-corrected chi connectivity index (χ1v) is 12.0. The fraction of sp³-hybridized carbons (Fsp3) is 0.320. The second kappa shape index (κ2) is 10.6. The molecule has 0 saturated heterocycles. The molecular formula is C25H24F3N7O3. The zero-order valence-corrected chi connectivity index (χ0v) is 20.1. The molecule has 3 heterocycles. The maximum absolute atomic E-state index is 14.5. The topological polar surface area (TPSA) is 134 Å². The van der Waals surface area contributed by atoms with Gasteiger partial charge < -0.3 is 20.2 Å². The van der Waals surface area contributed by atoms with E-state index in [9.17, 15) is 18.0 Å². The van der Waals surface area contributed by atoms with E-state index in [1.54, 1.807) is 6.07 Å². The number of aromatic nitrogens is 5. The number of hydrogen-bond donors (Lipinski definition) is 2. The van der Waals surface area contributed by atoms with Crippen LogP contribution >= 0.6 is 0 Å². The molecule has 0 aliphatic heterocycles. The molecule has 1 fully saturated rings. The van der Waals surface area contributed by atoms with E-state index in [2.05, 4.69) is 25.6 Å². The van der Waals surface area contributed by atoms with Crippen LogP contribution in [0.1, 0.15) is 41.7 Å².